The van der Waals surface area contributed by atoms with Gasteiger partial charge in [-0.15, -0.1) is 0 Å². The number of rotatable bonds is 6. The number of hydrogen-bond acceptors (Lipinski definition) is 5. The summed E-state index contributed by atoms with van der Waals surface area (Å²) >= 11 is 0. The first-order chi connectivity index (χ1) is 15.3. The lowest BCUT2D eigenvalue weighted by molar-refractivity contribution is -0.118. The average molecular weight is 436 g/mol. The van der Waals surface area contributed by atoms with E-state index in [1.807, 2.05) is 0 Å². The molecule has 4 aromatic rings. The Hall–Kier alpha value is -4.21. The number of aromatic nitrogens is 4. The molecule has 4 heterocycles. The molecule has 0 atom stereocenters. The van der Waals surface area contributed by atoms with Crippen LogP contribution in [0.4, 0.5) is 14.6 Å². The number of halogens is 2. The number of hydrogen-bond donors (Lipinski definition) is 2. The lowest BCUT2D eigenvalue weighted by Gasteiger charge is -2.12. The number of anilines is 1. The van der Waals surface area contributed by atoms with Gasteiger partial charge in [-0.2, -0.15) is 0 Å². The normalized spacial score (nSPS) is 11.1. The largest absolute Gasteiger partial charge is 0.368 e. The Balaban J connectivity index is 2.06. The molecule has 32 heavy (non-hydrogen) atoms. The highest BCUT2D eigenvalue weighted by Crippen LogP contribution is 2.40. The summed E-state index contributed by atoms with van der Waals surface area (Å²) < 4.78 is 28.4. The molecule has 4 rings (SSSR count). The van der Waals surface area contributed by atoms with Gasteiger partial charge in [0.1, 0.15) is 18.1 Å². The molecular formula is C22H18F2N6O2. The van der Waals surface area contributed by atoms with E-state index in [-0.39, 0.29) is 23.8 Å². The van der Waals surface area contributed by atoms with Crippen molar-refractivity contribution in [2.24, 2.45) is 5.73 Å². The predicted octanol–water partition coefficient (Wildman–Crippen LogP) is 3.54. The number of pyridine rings is 3. The van der Waals surface area contributed by atoms with Crippen LogP contribution in [-0.2, 0) is 16.1 Å². The van der Waals surface area contributed by atoms with Crippen LogP contribution in [0.25, 0.3) is 33.5 Å². The zero-order valence-electron chi connectivity index (χ0n) is 16.9. The molecule has 0 bridgehead atoms. The van der Waals surface area contributed by atoms with Crippen molar-refractivity contribution in [3.8, 4) is 22.5 Å². The second-order valence-electron chi connectivity index (χ2n) is 7.01. The molecule has 0 aliphatic heterocycles. The lowest BCUT2D eigenvalue weighted by atomic mass is 10.0. The van der Waals surface area contributed by atoms with Crippen LogP contribution in [0.1, 0.15) is 19.0 Å². The van der Waals surface area contributed by atoms with E-state index < -0.39 is 12.3 Å². The van der Waals surface area contributed by atoms with Gasteiger partial charge in [0, 0.05) is 24.9 Å². The van der Waals surface area contributed by atoms with Crippen LogP contribution in [0.15, 0.2) is 54.9 Å². The summed E-state index contributed by atoms with van der Waals surface area (Å²) in [4.78, 5) is 36.1. The Kier molecular flexibility index (Phi) is 5.59. The number of carbonyl (C=O) groups is 2. The molecule has 4 aromatic heterocycles. The first-order valence-electron chi connectivity index (χ1n) is 9.60. The van der Waals surface area contributed by atoms with Crippen molar-refractivity contribution in [3.05, 3.63) is 60.6 Å². The van der Waals surface area contributed by atoms with Crippen molar-refractivity contribution in [1.29, 1.82) is 0 Å². The van der Waals surface area contributed by atoms with Crippen LogP contribution in [-0.4, -0.2) is 31.3 Å². The summed E-state index contributed by atoms with van der Waals surface area (Å²) in [7, 11) is 0. The monoisotopic (exact) mass is 436 g/mol. The van der Waals surface area contributed by atoms with Crippen molar-refractivity contribution in [3.63, 3.8) is 0 Å². The molecule has 0 aliphatic carbocycles. The van der Waals surface area contributed by atoms with Gasteiger partial charge in [-0.25, -0.2) is 18.7 Å². The molecule has 3 N–H and O–H groups in total. The number of carbonyl (C=O) groups excluding carboxylic acids is 2. The first kappa shape index (κ1) is 21.0. The van der Waals surface area contributed by atoms with E-state index in [0.717, 1.165) is 0 Å². The van der Waals surface area contributed by atoms with E-state index in [2.05, 4.69) is 20.3 Å². The number of alkyl halides is 2. The summed E-state index contributed by atoms with van der Waals surface area (Å²) in [5, 5.41) is 2.61. The van der Waals surface area contributed by atoms with Crippen LogP contribution in [0.5, 0.6) is 0 Å². The smallest absolute Gasteiger partial charge is 0.280 e. The van der Waals surface area contributed by atoms with Gasteiger partial charge in [-0.3, -0.25) is 14.6 Å². The van der Waals surface area contributed by atoms with Gasteiger partial charge in [-0.05, 0) is 36.4 Å². The Morgan fingerprint density at radius 2 is 1.94 bits per heavy atom. The summed E-state index contributed by atoms with van der Waals surface area (Å²) in [6, 6.07) is 11.1. The van der Waals surface area contributed by atoms with Crippen LogP contribution in [0.2, 0.25) is 0 Å². The Labute approximate surface area is 181 Å². The molecule has 0 spiro atoms. The van der Waals surface area contributed by atoms with Gasteiger partial charge in [0.15, 0.2) is 0 Å². The zero-order chi connectivity index (χ0) is 22.8. The number of nitrogens with two attached hydrogens (primary N) is 1. The molecule has 0 aliphatic rings. The fourth-order valence-electron chi connectivity index (χ4n) is 3.58. The SMILES string of the molecule is CC(=O)Nc1cc(-c2c(-c3cccc(C(F)F)n3)c3ncccc3n2CC(N)=O)ccn1. The second-order valence-corrected chi connectivity index (χ2v) is 7.01. The minimum Gasteiger partial charge on any atom is -0.368 e. The van der Waals surface area contributed by atoms with Crippen LogP contribution >= 0.6 is 0 Å². The Morgan fingerprint density at radius 3 is 2.66 bits per heavy atom. The minimum absolute atomic E-state index is 0.177. The average Bonchev–Trinajstić information content (AvgIpc) is 3.07. The van der Waals surface area contributed by atoms with E-state index in [0.29, 0.717) is 33.7 Å². The maximum Gasteiger partial charge on any atom is 0.280 e. The fraction of sp³-hybridized carbons (Fsp3) is 0.136. The predicted molar refractivity (Wildman–Crippen MR) is 115 cm³/mol. The third-order valence-corrected chi connectivity index (χ3v) is 4.72. The van der Waals surface area contributed by atoms with E-state index in [9.17, 15) is 18.4 Å². The molecule has 8 nitrogen and oxygen atoms in total. The lowest BCUT2D eigenvalue weighted by Crippen LogP contribution is -2.19. The minimum atomic E-state index is -2.75. The van der Waals surface area contributed by atoms with Crippen molar-refractivity contribution in [1.82, 2.24) is 19.5 Å². The molecule has 0 unspecified atom stereocenters. The van der Waals surface area contributed by atoms with Crippen molar-refractivity contribution >= 4 is 28.7 Å². The molecule has 2 amide bonds. The van der Waals surface area contributed by atoms with Crippen molar-refractivity contribution < 1.29 is 18.4 Å². The first-order valence-corrected chi connectivity index (χ1v) is 9.60. The molecule has 10 heteroatoms. The summed E-state index contributed by atoms with van der Waals surface area (Å²) in [6.45, 7) is 1.18. The third-order valence-electron chi connectivity index (χ3n) is 4.72. The number of fused-ring (bicyclic) bond motifs is 1. The third kappa shape index (κ3) is 4.02. The summed E-state index contributed by atoms with van der Waals surface area (Å²) in [5.41, 5.74) is 7.97. The van der Waals surface area contributed by atoms with Gasteiger partial charge in [0.05, 0.1) is 28.0 Å². The highest BCUT2D eigenvalue weighted by atomic mass is 19.3. The van der Waals surface area contributed by atoms with E-state index in [1.165, 1.54) is 25.3 Å². The highest BCUT2D eigenvalue weighted by Gasteiger charge is 2.24. The van der Waals surface area contributed by atoms with Crippen molar-refractivity contribution in [2.45, 2.75) is 19.9 Å². The number of amides is 2. The maximum absolute atomic E-state index is 13.4. The fourth-order valence-corrected chi connectivity index (χ4v) is 3.58. The molecule has 0 radical (unpaired) electrons. The summed E-state index contributed by atoms with van der Waals surface area (Å²) in [6.07, 6.45) is 0.307. The van der Waals surface area contributed by atoms with E-state index in [1.54, 1.807) is 41.1 Å². The highest BCUT2D eigenvalue weighted by molar-refractivity contribution is 6.02. The van der Waals surface area contributed by atoms with Gasteiger partial charge in [0.2, 0.25) is 11.8 Å². The van der Waals surface area contributed by atoms with Gasteiger partial charge in [-0.1, -0.05) is 6.07 Å². The zero-order valence-corrected chi connectivity index (χ0v) is 16.9. The van der Waals surface area contributed by atoms with Gasteiger partial charge < -0.3 is 15.6 Å². The van der Waals surface area contributed by atoms with Crippen molar-refractivity contribution in [2.75, 3.05) is 5.32 Å². The van der Waals surface area contributed by atoms with Gasteiger partial charge >= 0.3 is 0 Å². The quantitative estimate of drug-likeness (QED) is 0.480. The standard InChI is InChI=1S/C22H18F2N6O2/c1-12(31)28-18-10-13(7-9-26-18)21-19(14-4-2-5-15(29-14)22(23)24)20-16(6-3-8-27-20)30(21)11-17(25)32/h2-10,22H,11H2,1H3,(H2,25,32)(H,26,28,31). The molecule has 162 valence electrons. The molecular weight excluding hydrogens is 418 g/mol. The Bertz CT molecular complexity index is 1340. The van der Waals surface area contributed by atoms with E-state index >= 15 is 0 Å². The number of primary amides is 1. The molecule has 0 aromatic carbocycles. The van der Waals surface area contributed by atoms with E-state index in [4.69, 9.17) is 5.73 Å². The molecule has 0 saturated carbocycles. The Morgan fingerprint density at radius 1 is 1.12 bits per heavy atom. The van der Waals surface area contributed by atoms with Gasteiger partial charge in [0.25, 0.3) is 6.43 Å². The number of nitrogens with one attached hydrogen (secondary N) is 1. The topological polar surface area (TPSA) is 116 Å². The van der Waals surface area contributed by atoms with Crippen LogP contribution < -0.4 is 11.1 Å². The van der Waals surface area contributed by atoms with Crippen LogP contribution in [0, 0.1) is 0 Å². The summed E-state index contributed by atoms with van der Waals surface area (Å²) in [5.74, 6) is -0.608. The number of nitrogens with zero attached hydrogens (tertiary/aromatic N) is 4. The molecule has 0 saturated heterocycles. The molecule has 0 fully saturated rings. The van der Waals surface area contributed by atoms with Crippen LogP contribution in [0.3, 0.4) is 0 Å². The second kappa shape index (κ2) is 8.50. The maximum atomic E-state index is 13.4.